The van der Waals surface area contributed by atoms with Gasteiger partial charge in [0.2, 0.25) is 5.91 Å². The number of carbonyl (C=O) groups excluding carboxylic acids is 1. The van der Waals surface area contributed by atoms with Crippen LogP contribution in [0, 0.1) is 13.8 Å². The van der Waals surface area contributed by atoms with Crippen molar-refractivity contribution in [2.45, 2.75) is 39.1 Å². The van der Waals surface area contributed by atoms with Gasteiger partial charge in [0, 0.05) is 65.3 Å². The summed E-state index contributed by atoms with van der Waals surface area (Å²) >= 11 is 12.6. The monoisotopic (exact) mass is 594 g/mol. The van der Waals surface area contributed by atoms with Crippen molar-refractivity contribution >= 4 is 29.1 Å². The molecule has 3 aromatic rings. The number of carbonyl (C=O) groups is 1. The molecule has 0 saturated carbocycles. The zero-order chi connectivity index (χ0) is 28.9. The highest BCUT2D eigenvalue weighted by molar-refractivity contribution is 6.42. The minimum Gasteiger partial charge on any atom is -0.374 e. The van der Waals surface area contributed by atoms with Crippen LogP contribution >= 0.6 is 23.2 Å². The molecule has 8 heteroatoms. The number of rotatable bonds is 8. The highest BCUT2D eigenvalue weighted by Gasteiger charge is 2.35. The van der Waals surface area contributed by atoms with Crippen molar-refractivity contribution in [3.63, 3.8) is 0 Å². The third kappa shape index (κ3) is 7.69. The largest absolute Gasteiger partial charge is 0.374 e. The van der Waals surface area contributed by atoms with Gasteiger partial charge in [-0.15, -0.1) is 0 Å². The third-order valence-electron chi connectivity index (χ3n) is 8.30. The van der Waals surface area contributed by atoms with Gasteiger partial charge in [0.05, 0.1) is 16.1 Å². The van der Waals surface area contributed by atoms with E-state index in [2.05, 4.69) is 51.1 Å². The van der Waals surface area contributed by atoms with Crippen molar-refractivity contribution in [3.8, 4) is 0 Å². The van der Waals surface area contributed by atoms with E-state index in [0.717, 1.165) is 61.5 Å². The van der Waals surface area contributed by atoms with E-state index in [1.807, 2.05) is 43.0 Å². The smallest absolute Gasteiger partial charge is 0.224 e. The molecule has 2 saturated heterocycles. The molecule has 1 amide bonds. The zero-order valence-electron chi connectivity index (χ0n) is 24.0. The van der Waals surface area contributed by atoms with Crippen LogP contribution in [0.3, 0.4) is 0 Å². The van der Waals surface area contributed by atoms with Crippen molar-refractivity contribution < 1.29 is 9.90 Å². The number of hydrogen-bond donors (Lipinski definition) is 1. The first-order valence-electron chi connectivity index (χ1n) is 14.5. The maximum Gasteiger partial charge on any atom is 0.224 e. The Morgan fingerprint density at radius 3 is 2.22 bits per heavy atom. The lowest BCUT2D eigenvalue weighted by Gasteiger charge is -2.44. The minimum absolute atomic E-state index is 0.133. The quantitative estimate of drug-likeness (QED) is 0.363. The normalized spacial score (nSPS) is 19.8. The molecule has 2 atom stereocenters. The molecule has 0 aliphatic carbocycles. The number of aliphatic hydroxyl groups excluding tert-OH is 1. The second kappa shape index (κ2) is 13.7. The van der Waals surface area contributed by atoms with E-state index in [9.17, 15) is 9.90 Å². The molecule has 218 valence electrons. The van der Waals surface area contributed by atoms with Crippen molar-refractivity contribution in [3.05, 3.63) is 105 Å². The van der Waals surface area contributed by atoms with Gasteiger partial charge < -0.3 is 14.9 Å². The molecule has 6 nitrogen and oxygen atoms in total. The molecule has 5 rings (SSSR count). The van der Waals surface area contributed by atoms with Crippen molar-refractivity contribution in [1.29, 1.82) is 0 Å². The van der Waals surface area contributed by atoms with Crippen LogP contribution in [0.1, 0.15) is 46.5 Å². The Morgan fingerprint density at radius 1 is 0.854 bits per heavy atom. The molecule has 2 heterocycles. The number of nitrogens with zero attached hydrogens (tertiary/aromatic N) is 4. The summed E-state index contributed by atoms with van der Waals surface area (Å²) in [5, 5.41) is 12.3. The van der Waals surface area contributed by atoms with Gasteiger partial charge in [-0.2, -0.15) is 0 Å². The first-order chi connectivity index (χ1) is 19.8. The van der Waals surface area contributed by atoms with E-state index in [1.165, 1.54) is 5.56 Å². The number of amides is 1. The Hall–Kier alpha value is -2.45. The molecule has 0 bridgehead atoms. The van der Waals surface area contributed by atoms with E-state index in [0.29, 0.717) is 36.1 Å². The molecule has 0 aromatic heterocycles. The van der Waals surface area contributed by atoms with Crippen LogP contribution in [-0.2, 0) is 11.3 Å². The number of halogens is 2. The summed E-state index contributed by atoms with van der Waals surface area (Å²) in [6, 6.07) is 22.1. The maximum absolute atomic E-state index is 13.7. The van der Waals surface area contributed by atoms with Crippen LogP contribution < -0.4 is 0 Å². The molecular formula is C33H40Cl2N4O2. The molecule has 0 radical (unpaired) electrons. The van der Waals surface area contributed by atoms with Gasteiger partial charge in [-0.05, 0) is 42.7 Å². The summed E-state index contributed by atoms with van der Waals surface area (Å²) in [6.45, 7) is 11.4. The maximum atomic E-state index is 13.7. The summed E-state index contributed by atoms with van der Waals surface area (Å²) < 4.78 is 0. The van der Waals surface area contributed by atoms with Gasteiger partial charge in [-0.25, -0.2) is 0 Å². The fourth-order valence-corrected chi connectivity index (χ4v) is 6.42. The minimum atomic E-state index is -0.747. The molecule has 3 aromatic carbocycles. The van der Waals surface area contributed by atoms with Crippen molar-refractivity contribution in [2.75, 3.05) is 52.4 Å². The number of piperazine rings is 2. The van der Waals surface area contributed by atoms with E-state index in [-0.39, 0.29) is 11.9 Å². The standard InChI is InChI=1S/C33H40Cl2N4O2/c1-24-18-25(2)20-28(19-24)33(41)38-16-17-39(31(23-38)27-8-9-29(34)30(35)21-27)32(40)10-11-36-12-14-37(15-13-36)22-26-6-4-3-5-7-26/h3-9,18-21,31,33,41H,10-17,22-23H2,1-2H3. The van der Waals surface area contributed by atoms with Crippen LogP contribution in [0.2, 0.25) is 10.0 Å². The predicted octanol–water partition coefficient (Wildman–Crippen LogP) is 5.69. The van der Waals surface area contributed by atoms with Gasteiger partial charge in [0.1, 0.15) is 6.23 Å². The Labute approximate surface area is 254 Å². The van der Waals surface area contributed by atoms with Gasteiger partial charge >= 0.3 is 0 Å². The van der Waals surface area contributed by atoms with Gasteiger partial charge in [-0.1, -0.05) is 88.9 Å². The van der Waals surface area contributed by atoms with E-state index >= 15 is 0 Å². The second-order valence-electron chi connectivity index (χ2n) is 11.4. The summed E-state index contributed by atoms with van der Waals surface area (Å²) in [4.78, 5) is 22.6. The fourth-order valence-electron chi connectivity index (χ4n) is 6.11. The van der Waals surface area contributed by atoms with Crippen LogP contribution in [-0.4, -0.2) is 83.0 Å². The lowest BCUT2D eigenvalue weighted by molar-refractivity contribution is -0.140. The van der Waals surface area contributed by atoms with Crippen molar-refractivity contribution in [2.24, 2.45) is 0 Å². The summed E-state index contributed by atoms with van der Waals surface area (Å²) in [5.41, 5.74) is 5.39. The Bertz CT molecular complexity index is 1310. The molecule has 1 N–H and O–H groups in total. The van der Waals surface area contributed by atoms with Gasteiger partial charge in [-0.3, -0.25) is 14.6 Å². The summed E-state index contributed by atoms with van der Waals surface area (Å²) in [6.07, 6.45) is -0.279. The van der Waals surface area contributed by atoms with E-state index < -0.39 is 6.23 Å². The van der Waals surface area contributed by atoms with Gasteiger partial charge in [0.15, 0.2) is 0 Å². The number of aryl methyl sites for hydroxylation is 2. The Morgan fingerprint density at radius 2 is 1.54 bits per heavy atom. The third-order valence-corrected chi connectivity index (χ3v) is 9.04. The first kappa shape index (κ1) is 30.0. The highest BCUT2D eigenvalue weighted by atomic mass is 35.5. The predicted molar refractivity (Wildman–Crippen MR) is 166 cm³/mol. The SMILES string of the molecule is Cc1cc(C)cc(C(O)N2CCN(C(=O)CCN3CCN(Cc4ccccc4)CC3)C(c3ccc(Cl)c(Cl)c3)C2)c1. The average Bonchev–Trinajstić information content (AvgIpc) is 2.97. The topological polar surface area (TPSA) is 50.3 Å². The zero-order valence-corrected chi connectivity index (χ0v) is 25.5. The molecule has 2 fully saturated rings. The number of benzene rings is 3. The average molecular weight is 596 g/mol. The van der Waals surface area contributed by atoms with Crippen molar-refractivity contribution in [1.82, 2.24) is 19.6 Å². The van der Waals surface area contributed by atoms with Crippen LogP contribution in [0.4, 0.5) is 0 Å². The van der Waals surface area contributed by atoms with Crippen LogP contribution in [0.25, 0.3) is 0 Å². The molecule has 0 spiro atoms. The first-order valence-corrected chi connectivity index (χ1v) is 15.3. The molecular weight excluding hydrogens is 555 g/mol. The second-order valence-corrected chi connectivity index (χ2v) is 12.2. The van der Waals surface area contributed by atoms with E-state index in [1.54, 1.807) is 6.07 Å². The summed E-state index contributed by atoms with van der Waals surface area (Å²) in [5.74, 6) is 0.133. The number of aliphatic hydroxyl groups is 1. The lowest BCUT2D eigenvalue weighted by Crippen LogP contribution is -2.52. The molecule has 2 unspecified atom stereocenters. The summed E-state index contributed by atoms with van der Waals surface area (Å²) in [7, 11) is 0. The van der Waals surface area contributed by atoms with Gasteiger partial charge in [0.25, 0.3) is 0 Å². The Balaban J connectivity index is 1.22. The highest BCUT2D eigenvalue weighted by Crippen LogP contribution is 2.34. The Kier molecular flexibility index (Phi) is 10.0. The van der Waals surface area contributed by atoms with Crippen LogP contribution in [0.15, 0.2) is 66.7 Å². The molecule has 2 aliphatic heterocycles. The van der Waals surface area contributed by atoms with Crippen LogP contribution in [0.5, 0.6) is 0 Å². The van der Waals surface area contributed by atoms with E-state index in [4.69, 9.17) is 23.2 Å². The molecule has 2 aliphatic rings. The lowest BCUT2D eigenvalue weighted by atomic mass is 9.99. The fraction of sp³-hybridized carbons (Fsp3) is 0.424. The number of hydrogen-bond acceptors (Lipinski definition) is 5. The molecule has 41 heavy (non-hydrogen) atoms.